The first-order valence-corrected chi connectivity index (χ1v) is 5.80. The number of nitro benzene ring substituents is 1. The highest BCUT2D eigenvalue weighted by Crippen LogP contribution is 2.30. The summed E-state index contributed by atoms with van der Waals surface area (Å²) in [6.07, 6.45) is 0. The number of nitro groups is 1. The Kier molecular flexibility index (Phi) is 3.96. The molecule has 1 unspecified atom stereocenters. The van der Waals surface area contributed by atoms with Gasteiger partial charge in [-0.05, 0) is 6.07 Å². The lowest BCUT2D eigenvalue weighted by Gasteiger charge is -2.34. The van der Waals surface area contributed by atoms with Gasteiger partial charge in [0.25, 0.3) is 5.69 Å². The van der Waals surface area contributed by atoms with Crippen LogP contribution in [-0.4, -0.2) is 43.8 Å². The van der Waals surface area contributed by atoms with E-state index in [0.717, 1.165) is 0 Å². The number of para-hydroxylation sites is 2. The Morgan fingerprint density at radius 3 is 2.95 bits per heavy atom. The van der Waals surface area contributed by atoms with Crippen molar-refractivity contribution in [2.24, 2.45) is 0 Å². The number of methoxy groups -OCH3 is 1. The van der Waals surface area contributed by atoms with Crippen LogP contribution in [0.2, 0.25) is 0 Å². The summed E-state index contributed by atoms with van der Waals surface area (Å²) < 4.78 is 9.96. The number of carbonyl (C=O) groups excluding carboxylic acids is 1. The zero-order chi connectivity index (χ0) is 13.8. The molecule has 1 saturated heterocycles. The Hall–Kier alpha value is -2.15. The quantitative estimate of drug-likeness (QED) is 0.460. The summed E-state index contributed by atoms with van der Waals surface area (Å²) in [5.41, 5.74) is 0.379. The van der Waals surface area contributed by atoms with Crippen molar-refractivity contribution >= 4 is 17.3 Å². The minimum Gasteiger partial charge on any atom is -0.467 e. The number of morpholine rings is 1. The van der Waals surface area contributed by atoms with Gasteiger partial charge in [0.05, 0.1) is 25.2 Å². The average molecular weight is 266 g/mol. The van der Waals surface area contributed by atoms with E-state index in [9.17, 15) is 14.9 Å². The molecule has 1 aliphatic rings. The molecule has 0 aliphatic carbocycles. The van der Waals surface area contributed by atoms with Crippen LogP contribution in [0.1, 0.15) is 0 Å². The van der Waals surface area contributed by atoms with Gasteiger partial charge >= 0.3 is 5.97 Å². The van der Waals surface area contributed by atoms with Crippen LogP contribution in [0.25, 0.3) is 0 Å². The molecule has 0 amide bonds. The van der Waals surface area contributed by atoms with Crippen molar-refractivity contribution in [2.75, 3.05) is 31.8 Å². The normalized spacial score (nSPS) is 19.0. The average Bonchev–Trinajstić information content (AvgIpc) is 2.46. The molecule has 7 heteroatoms. The van der Waals surface area contributed by atoms with Gasteiger partial charge in [-0.3, -0.25) is 10.1 Å². The molecule has 0 spiro atoms. The van der Waals surface area contributed by atoms with Gasteiger partial charge in [0.15, 0.2) is 6.04 Å². The first kappa shape index (κ1) is 13.3. The van der Waals surface area contributed by atoms with Gasteiger partial charge in [0.2, 0.25) is 0 Å². The van der Waals surface area contributed by atoms with Crippen molar-refractivity contribution in [3.63, 3.8) is 0 Å². The Bertz CT molecular complexity index is 491. The third kappa shape index (κ3) is 2.65. The van der Waals surface area contributed by atoms with E-state index in [0.29, 0.717) is 18.8 Å². The summed E-state index contributed by atoms with van der Waals surface area (Å²) in [7, 11) is 1.29. The van der Waals surface area contributed by atoms with E-state index in [-0.39, 0.29) is 12.3 Å². The molecule has 0 radical (unpaired) electrons. The third-order valence-electron chi connectivity index (χ3n) is 2.99. The van der Waals surface area contributed by atoms with Crippen molar-refractivity contribution < 1.29 is 19.2 Å². The first-order chi connectivity index (χ1) is 9.15. The zero-order valence-electron chi connectivity index (χ0n) is 10.4. The number of rotatable bonds is 3. The molecule has 102 valence electrons. The summed E-state index contributed by atoms with van der Waals surface area (Å²) in [5.74, 6) is -0.460. The Balaban J connectivity index is 2.37. The van der Waals surface area contributed by atoms with Crippen LogP contribution in [0.4, 0.5) is 11.4 Å². The first-order valence-electron chi connectivity index (χ1n) is 5.80. The van der Waals surface area contributed by atoms with Crippen molar-refractivity contribution in [2.45, 2.75) is 6.04 Å². The number of ether oxygens (including phenoxy) is 2. The lowest BCUT2D eigenvalue weighted by Crippen LogP contribution is -2.50. The van der Waals surface area contributed by atoms with Crippen LogP contribution in [0.3, 0.4) is 0 Å². The van der Waals surface area contributed by atoms with Gasteiger partial charge in [-0.25, -0.2) is 4.79 Å². The third-order valence-corrected chi connectivity index (χ3v) is 2.99. The number of hydrogen-bond acceptors (Lipinski definition) is 6. The molecule has 1 aromatic carbocycles. The van der Waals surface area contributed by atoms with Gasteiger partial charge in [0, 0.05) is 12.6 Å². The summed E-state index contributed by atoms with van der Waals surface area (Å²) >= 11 is 0. The van der Waals surface area contributed by atoms with E-state index in [4.69, 9.17) is 9.47 Å². The molecule has 0 N–H and O–H groups in total. The van der Waals surface area contributed by atoms with Gasteiger partial charge in [-0.1, -0.05) is 12.1 Å². The second kappa shape index (κ2) is 5.66. The second-order valence-electron chi connectivity index (χ2n) is 4.05. The summed E-state index contributed by atoms with van der Waals surface area (Å²) in [6.45, 7) is 0.989. The SMILES string of the molecule is COC(=O)C1COCCN1c1ccccc1[N+](=O)[O-]. The molecule has 19 heavy (non-hydrogen) atoms. The Morgan fingerprint density at radius 2 is 2.26 bits per heavy atom. The van der Waals surface area contributed by atoms with Crippen LogP contribution in [0.5, 0.6) is 0 Å². The van der Waals surface area contributed by atoms with Crippen molar-refractivity contribution in [3.8, 4) is 0 Å². The molecular formula is C12H14N2O5. The topological polar surface area (TPSA) is 81.9 Å². The number of nitrogens with zero attached hydrogens (tertiary/aromatic N) is 2. The fourth-order valence-electron chi connectivity index (χ4n) is 2.08. The lowest BCUT2D eigenvalue weighted by molar-refractivity contribution is -0.384. The number of benzene rings is 1. The van der Waals surface area contributed by atoms with Crippen molar-refractivity contribution in [3.05, 3.63) is 34.4 Å². The van der Waals surface area contributed by atoms with Crippen LogP contribution in [0.15, 0.2) is 24.3 Å². The van der Waals surface area contributed by atoms with Gasteiger partial charge in [-0.15, -0.1) is 0 Å². The maximum atomic E-state index is 11.7. The standard InChI is InChI=1S/C12H14N2O5/c1-18-12(15)11-8-19-7-6-13(11)9-4-2-3-5-10(9)14(16)17/h2-5,11H,6-8H2,1H3. The summed E-state index contributed by atoms with van der Waals surface area (Å²) in [5, 5.41) is 11.0. The molecule has 0 aromatic heterocycles. The smallest absolute Gasteiger partial charge is 0.330 e. The maximum Gasteiger partial charge on any atom is 0.330 e. The minimum absolute atomic E-state index is 0.0293. The summed E-state index contributed by atoms with van der Waals surface area (Å²) in [4.78, 5) is 24.0. The number of carbonyl (C=O) groups is 1. The molecular weight excluding hydrogens is 252 g/mol. The minimum atomic E-state index is -0.653. The number of esters is 1. The highest BCUT2D eigenvalue weighted by molar-refractivity contribution is 5.82. The molecule has 7 nitrogen and oxygen atoms in total. The van der Waals surface area contributed by atoms with E-state index in [1.165, 1.54) is 13.2 Å². The predicted octanol–water partition coefficient (Wildman–Crippen LogP) is 0.973. The molecule has 2 rings (SSSR count). The fraction of sp³-hybridized carbons (Fsp3) is 0.417. The maximum absolute atomic E-state index is 11.7. The fourth-order valence-corrected chi connectivity index (χ4v) is 2.08. The van der Waals surface area contributed by atoms with E-state index >= 15 is 0 Å². The second-order valence-corrected chi connectivity index (χ2v) is 4.05. The highest BCUT2D eigenvalue weighted by Gasteiger charge is 2.33. The Morgan fingerprint density at radius 1 is 1.53 bits per heavy atom. The predicted molar refractivity (Wildman–Crippen MR) is 67.1 cm³/mol. The van der Waals surface area contributed by atoms with Crippen molar-refractivity contribution in [1.82, 2.24) is 0 Å². The van der Waals surface area contributed by atoms with Crippen molar-refractivity contribution in [1.29, 1.82) is 0 Å². The van der Waals surface area contributed by atoms with Crippen LogP contribution in [0, 0.1) is 10.1 Å². The zero-order valence-corrected chi connectivity index (χ0v) is 10.4. The van der Waals surface area contributed by atoms with Gasteiger partial charge in [0.1, 0.15) is 5.69 Å². The number of hydrogen-bond donors (Lipinski definition) is 0. The molecule has 1 fully saturated rings. The number of anilines is 1. The largest absolute Gasteiger partial charge is 0.467 e. The van der Waals surface area contributed by atoms with Crippen LogP contribution < -0.4 is 4.90 Å². The lowest BCUT2D eigenvalue weighted by atomic mass is 10.1. The van der Waals surface area contributed by atoms with E-state index in [1.807, 2.05) is 0 Å². The summed E-state index contributed by atoms with van der Waals surface area (Å²) in [6, 6.07) is 5.68. The van der Waals surface area contributed by atoms with Crippen LogP contribution >= 0.6 is 0 Å². The molecule has 1 heterocycles. The molecule has 1 aromatic rings. The molecule has 0 bridgehead atoms. The molecule has 1 aliphatic heterocycles. The van der Waals surface area contributed by atoms with E-state index in [2.05, 4.69) is 0 Å². The van der Waals surface area contributed by atoms with Crippen LogP contribution in [-0.2, 0) is 14.3 Å². The Labute approximate surface area is 109 Å². The monoisotopic (exact) mass is 266 g/mol. The van der Waals surface area contributed by atoms with E-state index in [1.54, 1.807) is 23.1 Å². The molecule has 1 atom stereocenters. The van der Waals surface area contributed by atoms with E-state index < -0.39 is 16.9 Å². The highest BCUT2D eigenvalue weighted by atomic mass is 16.6. The van der Waals surface area contributed by atoms with Gasteiger partial charge < -0.3 is 14.4 Å². The van der Waals surface area contributed by atoms with Gasteiger partial charge in [-0.2, -0.15) is 0 Å². The molecule has 0 saturated carbocycles.